The molecule has 0 atom stereocenters. The Hall–Kier alpha value is -1.93. The second-order valence-electron chi connectivity index (χ2n) is 5.79. The van der Waals surface area contributed by atoms with Crippen LogP contribution in [0.25, 0.3) is 22.0 Å². The van der Waals surface area contributed by atoms with Crippen LogP contribution in [0.1, 0.15) is 31.7 Å². The molecule has 0 fully saturated rings. The second kappa shape index (κ2) is 6.45. The van der Waals surface area contributed by atoms with E-state index < -0.39 is 0 Å². The second-order valence-corrected chi connectivity index (χ2v) is 6.26. The first-order valence-electron chi connectivity index (χ1n) is 7.91. The van der Waals surface area contributed by atoms with Gasteiger partial charge in [-0.2, -0.15) is 0 Å². The third-order valence-electron chi connectivity index (χ3n) is 4.09. The average Bonchev–Trinajstić information content (AvgIpc) is 2.93. The van der Waals surface area contributed by atoms with E-state index >= 15 is 0 Å². The van der Waals surface area contributed by atoms with Gasteiger partial charge in [0, 0.05) is 17.1 Å². The van der Waals surface area contributed by atoms with Crippen LogP contribution in [0.2, 0.25) is 0 Å². The van der Waals surface area contributed by atoms with E-state index in [2.05, 4.69) is 73.1 Å². The summed E-state index contributed by atoms with van der Waals surface area (Å²) >= 11 is 5.66. The maximum atomic E-state index is 5.66. The van der Waals surface area contributed by atoms with Gasteiger partial charge in [0.1, 0.15) is 0 Å². The highest BCUT2D eigenvalue weighted by atomic mass is 32.1. The Kier molecular flexibility index (Phi) is 4.39. The molecule has 1 nitrogen and oxygen atoms in total. The van der Waals surface area contributed by atoms with Crippen LogP contribution in [0.3, 0.4) is 0 Å². The lowest BCUT2D eigenvalue weighted by molar-refractivity contribution is 0.828. The standard InChI is InChI=1S/C20H21NS/c1-3-4-9-20(22)21-14-18(16-12-10-15(2)11-13-16)17-7-5-6-8-19(17)21/h5-8,10-14H,3-4,9H2,1-2H3. The van der Waals surface area contributed by atoms with E-state index in [1.165, 1.54) is 34.0 Å². The zero-order chi connectivity index (χ0) is 15.5. The number of hydrogen-bond donors (Lipinski definition) is 0. The van der Waals surface area contributed by atoms with Crippen molar-refractivity contribution in [2.75, 3.05) is 0 Å². The number of unbranched alkanes of at least 4 members (excludes halogenated alkanes) is 1. The summed E-state index contributed by atoms with van der Waals surface area (Å²) < 4.78 is 2.19. The van der Waals surface area contributed by atoms with Gasteiger partial charge in [-0.05, 0) is 31.4 Å². The third kappa shape index (κ3) is 2.84. The first-order chi connectivity index (χ1) is 10.7. The summed E-state index contributed by atoms with van der Waals surface area (Å²) in [5, 5.41) is 1.27. The van der Waals surface area contributed by atoms with Crippen LogP contribution >= 0.6 is 12.2 Å². The van der Waals surface area contributed by atoms with Gasteiger partial charge in [0.2, 0.25) is 0 Å². The van der Waals surface area contributed by atoms with Crippen molar-refractivity contribution in [3.05, 3.63) is 60.3 Å². The Bertz CT molecular complexity index is 796. The van der Waals surface area contributed by atoms with Crippen LogP contribution in [0, 0.1) is 6.92 Å². The summed E-state index contributed by atoms with van der Waals surface area (Å²) in [6, 6.07) is 17.2. The highest BCUT2D eigenvalue weighted by molar-refractivity contribution is 7.80. The number of hydrogen-bond acceptors (Lipinski definition) is 1. The number of rotatable bonds is 4. The molecule has 3 aromatic rings. The molecule has 1 heterocycles. The Morgan fingerprint density at radius 1 is 1.05 bits per heavy atom. The molecule has 1 aromatic heterocycles. The van der Waals surface area contributed by atoms with Crippen molar-refractivity contribution in [3.8, 4) is 11.1 Å². The first kappa shape index (κ1) is 15.0. The topological polar surface area (TPSA) is 4.93 Å². The highest BCUT2D eigenvalue weighted by Crippen LogP contribution is 2.31. The zero-order valence-electron chi connectivity index (χ0n) is 13.2. The van der Waals surface area contributed by atoms with Gasteiger partial charge in [-0.25, -0.2) is 0 Å². The van der Waals surface area contributed by atoms with Gasteiger partial charge in [-0.1, -0.05) is 73.6 Å². The number of para-hydroxylation sites is 1. The molecule has 112 valence electrons. The Balaban J connectivity index is 2.11. The Morgan fingerprint density at radius 3 is 2.50 bits per heavy atom. The van der Waals surface area contributed by atoms with Gasteiger partial charge in [0.05, 0.1) is 10.5 Å². The summed E-state index contributed by atoms with van der Waals surface area (Å²) in [7, 11) is 0. The molecule has 0 aliphatic heterocycles. The molecule has 0 N–H and O–H groups in total. The fourth-order valence-corrected chi connectivity index (χ4v) is 3.09. The molecule has 2 heteroatoms. The van der Waals surface area contributed by atoms with Crippen molar-refractivity contribution in [1.29, 1.82) is 0 Å². The number of benzene rings is 2. The van der Waals surface area contributed by atoms with Crippen LogP contribution in [-0.4, -0.2) is 9.56 Å². The number of aromatic nitrogens is 1. The third-order valence-corrected chi connectivity index (χ3v) is 4.49. The van der Waals surface area contributed by atoms with Gasteiger partial charge in [-0.3, -0.25) is 0 Å². The average molecular weight is 307 g/mol. The minimum absolute atomic E-state index is 0.970. The summed E-state index contributed by atoms with van der Waals surface area (Å²) in [6.45, 7) is 4.32. The molecule has 2 aromatic carbocycles. The van der Waals surface area contributed by atoms with E-state index in [0.717, 1.165) is 17.8 Å². The van der Waals surface area contributed by atoms with Crippen LogP contribution in [0.15, 0.2) is 54.7 Å². The van der Waals surface area contributed by atoms with Gasteiger partial charge >= 0.3 is 0 Å². The Morgan fingerprint density at radius 2 is 1.77 bits per heavy atom. The zero-order valence-corrected chi connectivity index (χ0v) is 14.0. The minimum Gasteiger partial charge on any atom is -0.310 e. The molecule has 0 spiro atoms. The van der Waals surface area contributed by atoms with E-state index in [9.17, 15) is 0 Å². The van der Waals surface area contributed by atoms with Crippen LogP contribution in [0.5, 0.6) is 0 Å². The van der Waals surface area contributed by atoms with Gasteiger partial charge in [0.15, 0.2) is 0 Å². The predicted octanol–water partition coefficient (Wildman–Crippen LogP) is 5.98. The van der Waals surface area contributed by atoms with Gasteiger partial charge in [-0.15, -0.1) is 0 Å². The number of aryl methyl sites for hydroxylation is 1. The lowest BCUT2D eigenvalue weighted by atomic mass is 10.0. The molecule has 0 amide bonds. The van der Waals surface area contributed by atoms with Crippen molar-refractivity contribution >= 4 is 28.1 Å². The fraction of sp³-hybridized carbons (Fsp3) is 0.250. The van der Waals surface area contributed by atoms with Crippen molar-refractivity contribution in [2.24, 2.45) is 0 Å². The normalized spacial score (nSPS) is 11.0. The van der Waals surface area contributed by atoms with Crippen LogP contribution in [-0.2, 0) is 0 Å². The lowest BCUT2D eigenvalue weighted by Gasteiger charge is -2.06. The molecule has 0 aliphatic carbocycles. The maximum Gasteiger partial charge on any atom is 0.0865 e. The fourth-order valence-electron chi connectivity index (χ4n) is 2.80. The predicted molar refractivity (Wildman–Crippen MR) is 99.6 cm³/mol. The van der Waals surface area contributed by atoms with Crippen molar-refractivity contribution in [3.63, 3.8) is 0 Å². The van der Waals surface area contributed by atoms with Gasteiger partial charge in [0.25, 0.3) is 0 Å². The van der Waals surface area contributed by atoms with E-state index in [1.54, 1.807) is 0 Å². The van der Waals surface area contributed by atoms with Gasteiger partial charge < -0.3 is 4.57 Å². The summed E-state index contributed by atoms with van der Waals surface area (Å²) in [5.41, 5.74) is 5.00. The highest BCUT2D eigenvalue weighted by Gasteiger charge is 2.12. The molecule has 22 heavy (non-hydrogen) atoms. The molecule has 0 saturated heterocycles. The molecule has 0 saturated carbocycles. The molecule has 0 radical (unpaired) electrons. The maximum absolute atomic E-state index is 5.66. The number of fused-ring (bicyclic) bond motifs is 1. The van der Waals surface area contributed by atoms with E-state index in [1.807, 2.05) is 0 Å². The van der Waals surface area contributed by atoms with E-state index in [4.69, 9.17) is 12.2 Å². The minimum atomic E-state index is 0.970. The van der Waals surface area contributed by atoms with Crippen molar-refractivity contribution in [1.82, 2.24) is 4.57 Å². The van der Waals surface area contributed by atoms with E-state index in [0.29, 0.717) is 0 Å². The molecule has 0 unspecified atom stereocenters. The van der Waals surface area contributed by atoms with Crippen molar-refractivity contribution < 1.29 is 0 Å². The van der Waals surface area contributed by atoms with Crippen molar-refractivity contribution in [2.45, 2.75) is 33.1 Å². The molecular formula is C20H21NS. The van der Waals surface area contributed by atoms with E-state index in [-0.39, 0.29) is 0 Å². The quantitative estimate of drug-likeness (QED) is 0.536. The summed E-state index contributed by atoms with van der Waals surface area (Å²) in [5.74, 6) is 0. The molecular weight excluding hydrogens is 286 g/mol. The first-order valence-corrected chi connectivity index (χ1v) is 8.32. The largest absolute Gasteiger partial charge is 0.310 e. The SMILES string of the molecule is CCCCC(=S)n1cc(-c2ccc(C)cc2)c2ccccc21. The lowest BCUT2D eigenvalue weighted by Crippen LogP contribution is -2.06. The molecule has 0 bridgehead atoms. The Labute approximate surface area is 137 Å². The molecule has 0 aliphatic rings. The molecule has 3 rings (SSSR count). The number of nitrogens with zero attached hydrogens (tertiary/aromatic N) is 1. The summed E-state index contributed by atoms with van der Waals surface area (Å²) in [4.78, 5) is 1.01. The summed E-state index contributed by atoms with van der Waals surface area (Å²) in [6.07, 6.45) is 5.49. The van der Waals surface area contributed by atoms with Crippen LogP contribution < -0.4 is 0 Å². The smallest absolute Gasteiger partial charge is 0.0865 e. The monoisotopic (exact) mass is 307 g/mol. The van der Waals surface area contributed by atoms with Crippen LogP contribution in [0.4, 0.5) is 0 Å². The number of thiocarbonyl (C=S) groups is 1.